The maximum Gasteiger partial charge on any atom is 0.414 e. The Hall–Kier alpha value is -4.01. The van der Waals surface area contributed by atoms with E-state index in [1.165, 1.54) is 5.56 Å². The molecule has 2 aromatic rings. The van der Waals surface area contributed by atoms with E-state index in [2.05, 4.69) is 62.8 Å². The van der Waals surface area contributed by atoms with Crippen molar-refractivity contribution in [2.75, 3.05) is 13.1 Å². The summed E-state index contributed by atoms with van der Waals surface area (Å²) in [5.41, 5.74) is 1.57. The van der Waals surface area contributed by atoms with Gasteiger partial charge in [0.05, 0.1) is 11.5 Å². The Morgan fingerprint density at radius 3 is 1.90 bits per heavy atom. The van der Waals surface area contributed by atoms with Crippen LogP contribution in [0, 0.1) is 5.92 Å². The van der Waals surface area contributed by atoms with Gasteiger partial charge in [0.15, 0.2) is 0 Å². The largest absolute Gasteiger partial charge is 0.444 e. The standard InChI is InChI=1S/C32H45N5O4/c1-23(37-19-17-25(18-20-37)21-24-11-9-8-10-12-24)33-22-26-13-15-27(16-14-26)34-28(35-29(38)40-31(2,3)4)36-30(39)41-32(5,6)7/h8-16,25,33H,1,17-22H2,2-7H3,(H2,34,35,36,38,39). The molecule has 2 amide bonds. The molecule has 0 radical (unpaired) electrons. The third kappa shape index (κ3) is 11.9. The lowest BCUT2D eigenvalue weighted by molar-refractivity contribution is 0.0545. The lowest BCUT2D eigenvalue weighted by Crippen LogP contribution is -2.47. The van der Waals surface area contributed by atoms with E-state index in [1.54, 1.807) is 41.5 Å². The molecule has 1 saturated heterocycles. The predicted octanol–water partition coefficient (Wildman–Crippen LogP) is 6.24. The number of benzene rings is 2. The zero-order valence-electron chi connectivity index (χ0n) is 25.3. The van der Waals surface area contributed by atoms with Crippen LogP contribution in [0.4, 0.5) is 15.3 Å². The maximum atomic E-state index is 12.3. The second kappa shape index (κ2) is 14.1. The highest BCUT2D eigenvalue weighted by molar-refractivity contribution is 6.02. The van der Waals surface area contributed by atoms with Crippen molar-refractivity contribution in [3.05, 3.63) is 78.1 Å². The third-order valence-corrected chi connectivity index (χ3v) is 6.28. The highest BCUT2D eigenvalue weighted by Crippen LogP contribution is 2.23. The summed E-state index contributed by atoms with van der Waals surface area (Å²) in [4.78, 5) is 31.4. The Bertz CT molecular complexity index is 1160. The zero-order chi connectivity index (χ0) is 30.0. The molecule has 3 rings (SSSR count). The molecule has 222 valence electrons. The topological polar surface area (TPSA) is 104 Å². The number of nitrogens with zero attached hydrogens (tertiary/aromatic N) is 2. The molecule has 0 bridgehead atoms. The molecule has 0 aliphatic carbocycles. The minimum absolute atomic E-state index is 0.0941. The van der Waals surface area contributed by atoms with E-state index in [1.807, 2.05) is 24.3 Å². The Labute approximate surface area is 244 Å². The van der Waals surface area contributed by atoms with Crippen LogP contribution in [0.3, 0.4) is 0 Å². The normalized spacial score (nSPS) is 14.0. The first-order chi connectivity index (χ1) is 19.3. The average molecular weight is 564 g/mol. The lowest BCUT2D eigenvalue weighted by atomic mass is 9.90. The first-order valence-corrected chi connectivity index (χ1v) is 14.1. The van der Waals surface area contributed by atoms with Crippen LogP contribution < -0.4 is 16.0 Å². The molecule has 1 heterocycles. The number of nitrogens with one attached hydrogen (secondary N) is 3. The predicted molar refractivity (Wildman–Crippen MR) is 163 cm³/mol. The van der Waals surface area contributed by atoms with Gasteiger partial charge in [-0.25, -0.2) is 14.6 Å². The van der Waals surface area contributed by atoms with Gasteiger partial charge in [-0.3, -0.25) is 10.6 Å². The van der Waals surface area contributed by atoms with Gasteiger partial charge in [0.1, 0.15) is 11.2 Å². The van der Waals surface area contributed by atoms with Crippen molar-refractivity contribution < 1.29 is 19.1 Å². The molecule has 1 aliphatic heterocycles. The molecule has 41 heavy (non-hydrogen) atoms. The zero-order valence-corrected chi connectivity index (χ0v) is 25.3. The second-order valence-electron chi connectivity index (χ2n) is 12.3. The molecular weight excluding hydrogens is 518 g/mol. The number of hydrogen-bond acceptors (Lipinski definition) is 7. The van der Waals surface area contributed by atoms with Gasteiger partial charge in [-0.05, 0) is 90.0 Å². The number of ether oxygens (including phenoxy) is 2. The van der Waals surface area contributed by atoms with Crippen molar-refractivity contribution in [1.29, 1.82) is 0 Å². The molecule has 0 aromatic heterocycles. The number of alkyl carbamates (subject to hydrolysis) is 2. The number of piperidine rings is 1. The number of rotatable bonds is 7. The Morgan fingerprint density at radius 1 is 0.854 bits per heavy atom. The van der Waals surface area contributed by atoms with Gasteiger partial charge in [0, 0.05) is 19.6 Å². The van der Waals surface area contributed by atoms with Crippen LogP contribution in [0.5, 0.6) is 0 Å². The summed E-state index contributed by atoms with van der Waals surface area (Å²) >= 11 is 0. The van der Waals surface area contributed by atoms with E-state index in [0.29, 0.717) is 18.2 Å². The molecule has 1 fully saturated rings. The summed E-state index contributed by atoms with van der Waals surface area (Å²) in [5, 5.41) is 8.42. The SMILES string of the molecule is C=C(NCc1ccc(N=C(NC(=O)OC(C)(C)C)NC(=O)OC(C)(C)C)cc1)N1CCC(Cc2ccccc2)CC1. The van der Waals surface area contributed by atoms with Gasteiger partial charge >= 0.3 is 12.2 Å². The van der Waals surface area contributed by atoms with E-state index in [9.17, 15) is 9.59 Å². The molecule has 9 nitrogen and oxygen atoms in total. The number of aliphatic imine (C=N–C) groups is 1. The van der Waals surface area contributed by atoms with Crippen molar-refractivity contribution >= 4 is 23.8 Å². The monoisotopic (exact) mass is 563 g/mol. The summed E-state index contributed by atoms with van der Waals surface area (Å²) in [7, 11) is 0. The fourth-order valence-corrected chi connectivity index (χ4v) is 4.38. The number of carbonyl (C=O) groups is 2. The van der Waals surface area contributed by atoms with Gasteiger partial charge in [-0.2, -0.15) is 0 Å². The summed E-state index contributed by atoms with van der Waals surface area (Å²) in [6, 6.07) is 18.2. The van der Waals surface area contributed by atoms with E-state index < -0.39 is 23.4 Å². The number of guanidine groups is 1. The minimum atomic E-state index is -0.740. The molecule has 0 saturated carbocycles. The quantitative estimate of drug-likeness (QED) is 0.272. The fourth-order valence-electron chi connectivity index (χ4n) is 4.38. The van der Waals surface area contributed by atoms with Crippen LogP contribution in [0.2, 0.25) is 0 Å². The molecule has 3 N–H and O–H groups in total. The lowest BCUT2D eigenvalue weighted by Gasteiger charge is -2.35. The fraction of sp³-hybridized carbons (Fsp3) is 0.469. The molecule has 0 atom stereocenters. The minimum Gasteiger partial charge on any atom is -0.444 e. The molecular formula is C32H45N5O4. The van der Waals surface area contributed by atoms with E-state index in [-0.39, 0.29) is 5.96 Å². The van der Waals surface area contributed by atoms with E-state index in [4.69, 9.17) is 9.47 Å². The number of likely N-dealkylation sites (tertiary alicyclic amines) is 1. The third-order valence-electron chi connectivity index (χ3n) is 6.28. The maximum absolute atomic E-state index is 12.3. The average Bonchev–Trinajstić information content (AvgIpc) is 2.87. The molecule has 2 aromatic carbocycles. The highest BCUT2D eigenvalue weighted by atomic mass is 16.6. The Balaban J connectivity index is 1.54. The smallest absolute Gasteiger partial charge is 0.414 e. The summed E-state index contributed by atoms with van der Waals surface area (Å²) in [6.07, 6.45) is 1.95. The highest BCUT2D eigenvalue weighted by Gasteiger charge is 2.22. The van der Waals surface area contributed by atoms with Crippen LogP contribution in [0.1, 0.15) is 65.5 Å². The van der Waals surface area contributed by atoms with Gasteiger partial charge < -0.3 is 19.7 Å². The van der Waals surface area contributed by atoms with Gasteiger partial charge in [-0.15, -0.1) is 0 Å². The number of carbonyl (C=O) groups excluding carboxylic acids is 2. The first-order valence-electron chi connectivity index (χ1n) is 14.1. The van der Waals surface area contributed by atoms with Crippen molar-refractivity contribution in [3.63, 3.8) is 0 Å². The van der Waals surface area contributed by atoms with Gasteiger partial charge in [0.2, 0.25) is 5.96 Å². The van der Waals surface area contributed by atoms with Crippen molar-refractivity contribution in [1.82, 2.24) is 20.9 Å². The molecule has 0 unspecified atom stereocenters. The molecule has 1 aliphatic rings. The number of amides is 2. The van der Waals surface area contributed by atoms with Crippen LogP contribution >= 0.6 is 0 Å². The van der Waals surface area contributed by atoms with Crippen LogP contribution in [-0.4, -0.2) is 47.3 Å². The Kier molecular flexibility index (Phi) is 10.8. The van der Waals surface area contributed by atoms with E-state index in [0.717, 1.165) is 43.7 Å². The van der Waals surface area contributed by atoms with Crippen molar-refractivity contribution in [2.24, 2.45) is 10.9 Å². The van der Waals surface area contributed by atoms with Crippen LogP contribution in [0.15, 0.2) is 72.0 Å². The number of hydrogen-bond donors (Lipinski definition) is 3. The molecule has 9 heteroatoms. The first kappa shape index (κ1) is 31.5. The second-order valence-corrected chi connectivity index (χ2v) is 12.3. The Morgan fingerprint density at radius 2 is 1.39 bits per heavy atom. The summed E-state index contributed by atoms with van der Waals surface area (Å²) in [6.45, 7) is 17.4. The molecule has 0 spiro atoms. The van der Waals surface area contributed by atoms with Gasteiger partial charge in [-0.1, -0.05) is 49.0 Å². The van der Waals surface area contributed by atoms with Crippen molar-refractivity contribution in [3.8, 4) is 0 Å². The van der Waals surface area contributed by atoms with Crippen molar-refractivity contribution in [2.45, 2.75) is 78.6 Å². The van der Waals surface area contributed by atoms with Crippen LogP contribution in [-0.2, 0) is 22.4 Å². The van der Waals surface area contributed by atoms with Crippen LogP contribution in [0.25, 0.3) is 0 Å². The van der Waals surface area contributed by atoms with Gasteiger partial charge in [0.25, 0.3) is 0 Å². The summed E-state index contributed by atoms with van der Waals surface area (Å²) < 4.78 is 10.6. The summed E-state index contributed by atoms with van der Waals surface area (Å²) in [5.74, 6) is 1.54. The van der Waals surface area contributed by atoms with E-state index >= 15 is 0 Å².